The van der Waals surface area contributed by atoms with Gasteiger partial charge in [0.2, 0.25) is 0 Å². The molecule has 1 rings (SSSR count). The summed E-state index contributed by atoms with van der Waals surface area (Å²) in [5.41, 5.74) is 3.62. The Bertz CT molecular complexity index is 481. The maximum Gasteiger partial charge on any atom is 0.191 e. The normalized spacial score (nSPS) is 12.6. The van der Waals surface area contributed by atoms with Crippen LogP contribution in [0, 0.1) is 13.8 Å². The molecule has 3 N–H and O–H groups in total. The molecule has 0 spiro atoms. The van der Waals surface area contributed by atoms with E-state index >= 15 is 0 Å². The zero-order valence-electron chi connectivity index (χ0n) is 14.5. The third-order valence-electron chi connectivity index (χ3n) is 3.39. The molecule has 6 heteroatoms. The lowest BCUT2D eigenvalue weighted by molar-refractivity contribution is 0.428. The van der Waals surface area contributed by atoms with Gasteiger partial charge in [-0.25, -0.2) is 0 Å². The summed E-state index contributed by atoms with van der Waals surface area (Å²) >= 11 is 0. The van der Waals surface area contributed by atoms with Gasteiger partial charge in [-0.3, -0.25) is 9.67 Å². The van der Waals surface area contributed by atoms with Crippen LogP contribution < -0.4 is 16.0 Å². The monoisotopic (exact) mass is 294 g/mol. The lowest BCUT2D eigenvalue weighted by Crippen LogP contribution is -2.44. The SMILES string of the molecule is CN=C(NCCNC(C)(C)C)NCc1c(C)nn(C)c1C. The van der Waals surface area contributed by atoms with Crippen LogP contribution in [0.5, 0.6) is 0 Å². The van der Waals surface area contributed by atoms with E-state index in [1.807, 2.05) is 18.7 Å². The Morgan fingerprint density at radius 1 is 1.19 bits per heavy atom. The predicted molar refractivity (Wildman–Crippen MR) is 88.6 cm³/mol. The molecule has 0 fully saturated rings. The number of hydrogen-bond donors (Lipinski definition) is 3. The molecule has 1 aromatic heterocycles. The summed E-state index contributed by atoms with van der Waals surface area (Å²) in [5, 5.41) is 14.5. The third kappa shape index (κ3) is 5.75. The summed E-state index contributed by atoms with van der Waals surface area (Å²) in [6.45, 7) is 13.1. The van der Waals surface area contributed by atoms with E-state index in [-0.39, 0.29) is 5.54 Å². The molecule has 0 saturated carbocycles. The van der Waals surface area contributed by atoms with Gasteiger partial charge in [0.1, 0.15) is 0 Å². The third-order valence-corrected chi connectivity index (χ3v) is 3.39. The van der Waals surface area contributed by atoms with Gasteiger partial charge in [0.25, 0.3) is 0 Å². The highest BCUT2D eigenvalue weighted by atomic mass is 15.3. The highest BCUT2D eigenvalue weighted by Crippen LogP contribution is 2.10. The van der Waals surface area contributed by atoms with Gasteiger partial charge in [0.05, 0.1) is 5.69 Å². The highest BCUT2D eigenvalue weighted by molar-refractivity contribution is 5.79. The standard InChI is InChI=1S/C15H30N6/c1-11-13(12(2)21(7)20-11)10-18-14(16-6)17-8-9-19-15(3,4)5/h19H,8-10H2,1-7H3,(H2,16,17,18). The zero-order valence-corrected chi connectivity index (χ0v) is 14.5. The van der Waals surface area contributed by atoms with E-state index in [0.717, 1.165) is 31.3 Å². The molecule has 21 heavy (non-hydrogen) atoms. The van der Waals surface area contributed by atoms with Crippen molar-refractivity contribution in [3.8, 4) is 0 Å². The lowest BCUT2D eigenvalue weighted by Gasteiger charge is -2.21. The van der Waals surface area contributed by atoms with Gasteiger partial charge >= 0.3 is 0 Å². The molecule has 1 aromatic rings. The average molecular weight is 294 g/mol. The number of aryl methyl sites for hydroxylation is 2. The van der Waals surface area contributed by atoms with Gasteiger partial charge in [-0.2, -0.15) is 5.10 Å². The van der Waals surface area contributed by atoms with Crippen LogP contribution in [0.3, 0.4) is 0 Å². The van der Waals surface area contributed by atoms with Crippen molar-refractivity contribution in [1.29, 1.82) is 0 Å². The van der Waals surface area contributed by atoms with Crippen molar-refractivity contribution in [3.05, 3.63) is 17.0 Å². The first kappa shape index (κ1) is 17.5. The molecule has 0 aromatic carbocycles. The number of nitrogens with zero attached hydrogens (tertiary/aromatic N) is 3. The van der Waals surface area contributed by atoms with Gasteiger partial charge in [-0.05, 0) is 34.6 Å². The molecule has 0 atom stereocenters. The van der Waals surface area contributed by atoms with Crippen molar-refractivity contribution in [1.82, 2.24) is 25.7 Å². The molecule has 120 valence electrons. The zero-order chi connectivity index (χ0) is 16.0. The summed E-state index contributed by atoms with van der Waals surface area (Å²) in [4.78, 5) is 4.24. The number of aromatic nitrogens is 2. The summed E-state index contributed by atoms with van der Waals surface area (Å²) in [6.07, 6.45) is 0. The molecular weight excluding hydrogens is 264 g/mol. The van der Waals surface area contributed by atoms with Gasteiger partial charge in [0, 0.05) is 50.5 Å². The Morgan fingerprint density at radius 3 is 2.33 bits per heavy atom. The van der Waals surface area contributed by atoms with Gasteiger partial charge in [-0.15, -0.1) is 0 Å². The van der Waals surface area contributed by atoms with Crippen LogP contribution in [0.1, 0.15) is 37.7 Å². The molecule has 6 nitrogen and oxygen atoms in total. The quantitative estimate of drug-likeness (QED) is 0.432. The first-order chi connectivity index (χ1) is 9.74. The van der Waals surface area contributed by atoms with Crippen molar-refractivity contribution in [2.75, 3.05) is 20.1 Å². The van der Waals surface area contributed by atoms with E-state index in [4.69, 9.17) is 0 Å². The summed E-state index contributed by atoms with van der Waals surface area (Å²) < 4.78 is 1.91. The van der Waals surface area contributed by atoms with Crippen LogP contribution in [0.2, 0.25) is 0 Å². The fraction of sp³-hybridized carbons (Fsp3) is 0.733. The minimum absolute atomic E-state index is 0.141. The van der Waals surface area contributed by atoms with Crippen molar-refractivity contribution >= 4 is 5.96 Å². The van der Waals surface area contributed by atoms with E-state index in [1.165, 1.54) is 11.3 Å². The maximum absolute atomic E-state index is 4.42. The van der Waals surface area contributed by atoms with Crippen molar-refractivity contribution < 1.29 is 0 Å². The van der Waals surface area contributed by atoms with E-state index in [9.17, 15) is 0 Å². The second-order valence-corrected chi connectivity index (χ2v) is 6.30. The number of hydrogen-bond acceptors (Lipinski definition) is 3. The van der Waals surface area contributed by atoms with Gasteiger partial charge < -0.3 is 16.0 Å². The molecule has 0 unspecified atom stereocenters. The Kier molecular flexibility index (Phi) is 6.20. The predicted octanol–water partition coefficient (Wildman–Crippen LogP) is 1.09. The first-order valence-electron chi connectivity index (χ1n) is 7.43. The minimum atomic E-state index is 0.141. The van der Waals surface area contributed by atoms with E-state index in [0.29, 0.717) is 0 Å². The van der Waals surface area contributed by atoms with Crippen LogP contribution in [-0.2, 0) is 13.6 Å². The Hall–Kier alpha value is -1.56. The molecule has 0 amide bonds. The second-order valence-electron chi connectivity index (χ2n) is 6.30. The van der Waals surface area contributed by atoms with Crippen LogP contribution in [0.25, 0.3) is 0 Å². The molecule has 0 bridgehead atoms. The molecular formula is C15H30N6. The van der Waals surface area contributed by atoms with Crippen LogP contribution in [0.15, 0.2) is 4.99 Å². The molecule has 0 aliphatic carbocycles. The van der Waals surface area contributed by atoms with Crippen LogP contribution in [0.4, 0.5) is 0 Å². The first-order valence-corrected chi connectivity index (χ1v) is 7.43. The number of aliphatic imine (C=N–C) groups is 1. The van der Waals surface area contributed by atoms with Gasteiger partial charge in [-0.1, -0.05) is 0 Å². The van der Waals surface area contributed by atoms with Crippen molar-refractivity contribution in [3.63, 3.8) is 0 Å². The molecule has 0 aliphatic rings. The Morgan fingerprint density at radius 2 is 1.86 bits per heavy atom. The number of nitrogens with one attached hydrogen (secondary N) is 3. The lowest BCUT2D eigenvalue weighted by atomic mass is 10.1. The van der Waals surface area contributed by atoms with Crippen molar-refractivity contribution in [2.24, 2.45) is 12.0 Å². The van der Waals surface area contributed by atoms with E-state index in [2.05, 4.69) is 53.7 Å². The van der Waals surface area contributed by atoms with Gasteiger partial charge in [0.15, 0.2) is 5.96 Å². The largest absolute Gasteiger partial charge is 0.355 e. The van der Waals surface area contributed by atoms with Crippen molar-refractivity contribution in [2.45, 2.75) is 46.7 Å². The smallest absolute Gasteiger partial charge is 0.191 e. The fourth-order valence-electron chi connectivity index (χ4n) is 2.08. The summed E-state index contributed by atoms with van der Waals surface area (Å²) in [7, 11) is 3.76. The summed E-state index contributed by atoms with van der Waals surface area (Å²) in [5.74, 6) is 0.813. The second kappa shape index (κ2) is 7.45. The highest BCUT2D eigenvalue weighted by Gasteiger charge is 2.10. The minimum Gasteiger partial charge on any atom is -0.355 e. The van der Waals surface area contributed by atoms with E-state index < -0.39 is 0 Å². The molecule has 0 aliphatic heterocycles. The Labute approximate surface area is 128 Å². The van der Waals surface area contributed by atoms with E-state index in [1.54, 1.807) is 7.05 Å². The molecule has 0 saturated heterocycles. The number of rotatable bonds is 5. The topological polar surface area (TPSA) is 66.3 Å². The summed E-state index contributed by atoms with van der Waals surface area (Å²) in [6, 6.07) is 0. The maximum atomic E-state index is 4.42. The number of guanidine groups is 1. The molecule has 1 heterocycles. The van der Waals surface area contributed by atoms with Crippen LogP contribution in [-0.4, -0.2) is 41.4 Å². The molecule has 0 radical (unpaired) electrons. The van der Waals surface area contributed by atoms with Crippen LogP contribution >= 0.6 is 0 Å². The fourth-order valence-corrected chi connectivity index (χ4v) is 2.08. The average Bonchev–Trinajstić information content (AvgIpc) is 2.62. The Balaban J connectivity index is 2.42.